The van der Waals surface area contributed by atoms with E-state index in [1.807, 2.05) is 25.1 Å². The Hall–Kier alpha value is -1.61. The van der Waals surface area contributed by atoms with Crippen molar-refractivity contribution in [3.8, 4) is 0 Å². The summed E-state index contributed by atoms with van der Waals surface area (Å²) in [6, 6.07) is 5.73. The summed E-state index contributed by atoms with van der Waals surface area (Å²) in [5.74, 6) is 0.140. The lowest BCUT2D eigenvalue weighted by molar-refractivity contribution is 0.0953. The molecule has 0 saturated heterocycles. The van der Waals surface area contributed by atoms with E-state index in [9.17, 15) is 4.79 Å². The molecule has 2 N–H and O–H groups in total. The smallest absolute Gasteiger partial charge is 0.179 e. The summed E-state index contributed by atoms with van der Waals surface area (Å²) in [5.41, 5.74) is 3.19. The minimum atomic E-state index is -0.166. The van der Waals surface area contributed by atoms with Gasteiger partial charge in [0.05, 0.1) is 6.04 Å². The maximum absolute atomic E-state index is 12.1. The van der Waals surface area contributed by atoms with Crippen molar-refractivity contribution < 1.29 is 4.79 Å². The first-order chi connectivity index (χ1) is 8.22. The fourth-order valence-corrected chi connectivity index (χ4v) is 2.06. The molecule has 17 heavy (non-hydrogen) atoms. The fraction of sp³-hybridized carbons (Fsp3) is 0.357. The van der Waals surface area contributed by atoms with E-state index >= 15 is 0 Å². The summed E-state index contributed by atoms with van der Waals surface area (Å²) in [6.07, 6.45) is 2.77. The van der Waals surface area contributed by atoms with Crippen molar-refractivity contribution in [2.24, 2.45) is 0 Å². The Bertz CT molecular complexity index is 440. The van der Waals surface area contributed by atoms with Crippen LogP contribution in [0.25, 0.3) is 0 Å². The van der Waals surface area contributed by atoms with E-state index in [1.54, 1.807) is 6.08 Å². The highest BCUT2D eigenvalue weighted by Crippen LogP contribution is 2.23. The Morgan fingerprint density at radius 2 is 2.47 bits per heavy atom. The van der Waals surface area contributed by atoms with Gasteiger partial charge in [-0.05, 0) is 37.1 Å². The first kappa shape index (κ1) is 11.9. The maximum atomic E-state index is 12.1. The average molecular weight is 230 g/mol. The van der Waals surface area contributed by atoms with E-state index in [0.29, 0.717) is 6.54 Å². The second-order valence-electron chi connectivity index (χ2n) is 4.33. The van der Waals surface area contributed by atoms with Gasteiger partial charge in [-0.25, -0.2) is 0 Å². The topological polar surface area (TPSA) is 41.1 Å². The molecule has 1 atom stereocenters. The van der Waals surface area contributed by atoms with Gasteiger partial charge in [-0.1, -0.05) is 6.08 Å². The van der Waals surface area contributed by atoms with E-state index < -0.39 is 0 Å². The molecule has 1 unspecified atom stereocenters. The molecule has 1 aromatic rings. The molecule has 0 aromatic heterocycles. The number of fused-ring (bicyclic) bond motifs is 1. The van der Waals surface area contributed by atoms with Crippen molar-refractivity contribution >= 4 is 11.5 Å². The molecule has 0 fully saturated rings. The number of rotatable bonds is 5. The molecule has 1 aromatic carbocycles. The largest absolute Gasteiger partial charge is 0.384 e. The van der Waals surface area contributed by atoms with Gasteiger partial charge in [0.25, 0.3) is 0 Å². The van der Waals surface area contributed by atoms with Crippen LogP contribution in [0.3, 0.4) is 0 Å². The first-order valence-electron chi connectivity index (χ1n) is 5.97. The van der Waals surface area contributed by atoms with Crippen molar-refractivity contribution in [2.75, 3.05) is 18.4 Å². The molecule has 0 amide bonds. The minimum absolute atomic E-state index is 0.140. The second-order valence-corrected chi connectivity index (χ2v) is 4.33. The molecule has 0 spiro atoms. The standard InChI is InChI=1S/C14H18N2O/c1-3-7-15-10(2)14(17)12-4-5-13-11(9-12)6-8-16-13/h3-5,9-10,15-16H,1,6-8H2,2H3. The molecule has 0 bridgehead atoms. The van der Waals surface area contributed by atoms with Crippen molar-refractivity contribution in [3.05, 3.63) is 42.0 Å². The lowest BCUT2D eigenvalue weighted by Crippen LogP contribution is -2.34. The van der Waals surface area contributed by atoms with Crippen molar-refractivity contribution in [3.63, 3.8) is 0 Å². The zero-order chi connectivity index (χ0) is 12.3. The van der Waals surface area contributed by atoms with Gasteiger partial charge in [0.2, 0.25) is 0 Å². The van der Waals surface area contributed by atoms with Gasteiger partial charge in [-0.3, -0.25) is 4.79 Å². The molecule has 2 rings (SSSR count). The average Bonchev–Trinajstić information content (AvgIpc) is 2.81. The van der Waals surface area contributed by atoms with Crippen molar-refractivity contribution in [2.45, 2.75) is 19.4 Å². The summed E-state index contributed by atoms with van der Waals surface area (Å²) in [4.78, 5) is 12.1. The zero-order valence-electron chi connectivity index (χ0n) is 10.1. The van der Waals surface area contributed by atoms with Crippen molar-refractivity contribution in [1.29, 1.82) is 0 Å². The van der Waals surface area contributed by atoms with E-state index in [4.69, 9.17) is 0 Å². The number of ketones is 1. The predicted octanol–water partition coefficient (Wildman–Crippen LogP) is 2.00. The van der Waals surface area contributed by atoms with Crippen LogP contribution in [0.4, 0.5) is 5.69 Å². The fourth-order valence-electron chi connectivity index (χ4n) is 2.06. The number of carbonyl (C=O) groups excluding carboxylic acids is 1. The quantitative estimate of drug-likeness (QED) is 0.600. The molecule has 0 saturated carbocycles. The molecule has 1 heterocycles. The van der Waals surface area contributed by atoms with Crippen LogP contribution in [0.2, 0.25) is 0 Å². The maximum Gasteiger partial charge on any atom is 0.179 e. The highest BCUT2D eigenvalue weighted by atomic mass is 16.1. The Labute approximate surface area is 102 Å². The lowest BCUT2D eigenvalue weighted by atomic mass is 10.0. The summed E-state index contributed by atoms with van der Waals surface area (Å²) in [7, 11) is 0. The van der Waals surface area contributed by atoms with Crippen LogP contribution in [-0.2, 0) is 6.42 Å². The number of anilines is 1. The third-order valence-electron chi connectivity index (χ3n) is 3.06. The normalized spacial score (nSPS) is 14.9. The highest BCUT2D eigenvalue weighted by molar-refractivity contribution is 6.00. The predicted molar refractivity (Wildman–Crippen MR) is 70.6 cm³/mol. The van der Waals surface area contributed by atoms with Crippen LogP contribution < -0.4 is 10.6 Å². The first-order valence-corrected chi connectivity index (χ1v) is 5.97. The van der Waals surface area contributed by atoms with Crippen LogP contribution in [0.1, 0.15) is 22.8 Å². The van der Waals surface area contributed by atoms with Crippen LogP contribution >= 0.6 is 0 Å². The van der Waals surface area contributed by atoms with Crippen LogP contribution in [0, 0.1) is 0 Å². The summed E-state index contributed by atoms with van der Waals surface area (Å²) in [5, 5.41) is 6.40. The molecule has 90 valence electrons. The van der Waals surface area contributed by atoms with Gasteiger partial charge < -0.3 is 10.6 Å². The van der Waals surface area contributed by atoms with Crippen LogP contribution in [0.15, 0.2) is 30.9 Å². The third-order valence-corrected chi connectivity index (χ3v) is 3.06. The van der Waals surface area contributed by atoms with E-state index in [0.717, 1.165) is 24.2 Å². The van der Waals surface area contributed by atoms with Gasteiger partial charge in [0.1, 0.15) is 0 Å². The summed E-state index contributed by atoms with van der Waals surface area (Å²) < 4.78 is 0. The van der Waals surface area contributed by atoms with Gasteiger partial charge in [-0.2, -0.15) is 0 Å². The summed E-state index contributed by atoms with van der Waals surface area (Å²) in [6.45, 7) is 7.14. The number of Topliss-reactive ketones (excluding diaryl/α,β-unsaturated/α-hetero) is 1. The third kappa shape index (κ3) is 2.56. The molecular formula is C14H18N2O. The Balaban J connectivity index is 2.11. The molecule has 0 radical (unpaired) electrons. The highest BCUT2D eigenvalue weighted by Gasteiger charge is 2.17. The SMILES string of the molecule is C=CCNC(C)C(=O)c1ccc2c(c1)CCN2. The van der Waals surface area contributed by atoms with E-state index in [-0.39, 0.29) is 11.8 Å². The van der Waals surface area contributed by atoms with E-state index in [2.05, 4.69) is 17.2 Å². The van der Waals surface area contributed by atoms with Gasteiger partial charge in [0.15, 0.2) is 5.78 Å². The molecule has 3 heteroatoms. The van der Waals surface area contributed by atoms with Gasteiger partial charge in [0, 0.05) is 24.3 Å². The number of hydrogen-bond acceptors (Lipinski definition) is 3. The lowest BCUT2D eigenvalue weighted by Gasteiger charge is -2.12. The molecule has 3 nitrogen and oxygen atoms in total. The molecule has 1 aliphatic heterocycles. The minimum Gasteiger partial charge on any atom is -0.384 e. The molecule has 1 aliphatic rings. The number of carbonyl (C=O) groups is 1. The number of benzene rings is 1. The number of nitrogens with one attached hydrogen (secondary N) is 2. The Morgan fingerprint density at radius 3 is 3.24 bits per heavy atom. The Morgan fingerprint density at radius 1 is 1.65 bits per heavy atom. The van der Waals surface area contributed by atoms with Crippen molar-refractivity contribution in [1.82, 2.24) is 5.32 Å². The summed E-state index contributed by atoms with van der Waals surface area (Å²) >= 11 is 0. The van der Waals surface area contributed by atoms with Gasteiger partial charge >= 0.3 is 0 Å². The second kappa shape index (κ2) is 5.15. The zero-order valence-corrected chi connectivity index (χ0v) is 10.1. The van der Waals surface area contributed by atoms with Crippen LogP contribution in [0.5, 0.6) is 0 Å². The number of hydrogen-bond donors (Lipinski definition) is 2. The van der Waals surface area contributed by atoms with Crippen LogP contribution in [-0.4, -0.2) is 24.9 Å². The van der Waals surface area contributed by atoms with E-state index in [1.165, 1.54) is 5.56 Å². The monoisotopic (exact) mass is 230 g/mol. The Kier molecular flexibility index (Phi) is 3.59. The molecule has 0 aliphatic carbocycles. The van der Waals surface area contributed by atoms with Gasteiger partial charge in [-0.15, -0.1) is 6.58 Å². The molecular weight excluding hydrogens is 212 g/mol.